The average Bonchev–Trinajstić information content (AvgIpc) is 2.74. The Morgan fingerprint density at radius 1 is 0.643 bits per heavy atom. The molecule has 0 bridgehead atoms. The first-order valence-corrected chi connectivity index (χ1v) is 9.26. The molecule has 0 saturated carbocycles. The van der Waals surface area contributed by atoms with E-state index < -0.39 is 0 Å². The molecule has 0 aliphatic rings. The third-order valence-corrected chi connectivity index (χ3v) is 4.44. The van der Waals surface area contributed by atoms with Crippen LogP contribution in [0, 0.1) is 0 Å². The fourth-order valence-electron chi connectivity index (χ4n) is 3.22. The van der Waals surface area contributed by atoms with Crippen LogP contribution in [0.5, 0.6) is 11.5 Å². The fraction of sp³-hybridized carbons (Fsp3) is 0.167. The van der Waals surface area contributed by atoms with Gasteiger partial charge in [0.25, 0.3) is 0 Å². The highest BCUT2D eigenvalue weighted by Crippen LogP contribution is 2.42. The standard InChI is InChI=1S/C24H22O4/c1-3-27-23-13-22(20-12-8-6-10-18(20)16-26)24(28-4-2)14-21(23)19-11-7-5-9-17(19)15-25/h5-16H,3-4H2,1-2H3. The van der Waals surface area contributed by atoms with Gasteiger partial charge in [-0.2, -0.15) is 0 Å². The van der Waals surface area contributed by atoms with Crippen LogP contribution in [0.1, 0.15) is 34.6 Å². The first-order chi connectivity index (χ1) is 13.7. The molecule has 3 rings (SSSR count). The van der Waals surface area contributed by atoms with E-state index in [-0.39, 0.29) is 0 Å². The quantitative estimate of drug-likeness (QED) is 0.493. The molecular weight excluding hydrogens is 352 g/mol. The number of hydrogen-bond donors (Lipinski definition) is 0. The van der Waals surface area contributed by atoms with Crippen molar-refractivity contribution in [3.63, 3.8) is 0 Å². The van der Waals surface area contributed by atoms with Gasteiger partial charge in [0.1, 0.15) is 11.5 Å². The van der Waals surface area contributed by atoms with E-state index in [4.69, 9.17) is 9.47 Å². The maximum absolute atomic E-state index is 11.5. The molecule has 0 aliphatic heterocycles. The van der Waals surface area contributed by atoms with Gasteiger partial charge in [0.15, 0.2) is 12.6 Å². The molecule has 0 heterocycles. The number of hydrogen-bond acceptors (Lipinski definition) is 4. The Labute approximate surface area is 164 Å². The summed E-state index contributed by atoms with van der Waals surface area (Å²) in [6, 6.07) is 18.5. The molecule has 0 spiro atoms. The van der Waals surface area contributed by atoms with Gasteiger partial charge < -0.3 is 9.47 Å². The van der Waals surface area contributed by atoms with E-state index in [1.54, 1.807) is 12.1 Å². The Morgan fingerprint density at radius 2 is 1.04 bits per heavy atom. The van der Waals surface area contributed by atoms with Crippen LogP contribution in [0.3, 0.4) is 0 Å². The van der Waals surface area contributed by atoms with Crippen molar-refractivity contribution < 1.29 is 19.1 Å². The molecule has 0 fully saturated rings. The van der Waals surface area contributed by atoms with Crippen molar-refractivity contribution in [1.82, 2.24) is 0 Å². The lowest BCUT2D eigenvalue weighted by Crippen LogP contribution is -2.01. The van der Waals surface area contributed by atoms with Gasteiger partial charge in [0.05, 0.1) is 13.2 Å². The van der Waals surface area contributed by atoms with E-state index in [0.29, 0.717) is 35.8 Å². The van der Waals surface area contributed by atoms with Crippen molar-refractivity contribution in [3.8, 4) is 33.8 Å². The third-order valence-electron chi connectivity index (χ3n) is 4.44. The Kier molecular flexibility index (Phi) is 6.22. The van der Waals surface area contributed by atoms with Gasteiger partial charge in [-0.15, -0.1) is 0 Å². The van der Waals surface area contributed by atoms with Gasteiger partial charge in [-0.05, 0) is 37.1 Å². The Bertz CT molecular complexity index is 910. The smallest absolute Gasteiger partial charge is 0.150 e. The second kappa shape index (κ2) is 9.00. The highest BCUT2D eigenvalue weighted by Gasteiger charge is 2.18. The van der Waals surface area contributed by atoms with Gasteiger partial charge in [0.2, 0.25) is 0 Å². The number of carbonyl (C=O) groups excluding carboxylic acids is 2. The molecule has 28 heavy (non-hydrogen) atoms. The highest BCUT2D eigenvalue weighted by molar-refractivity contribution is 5.94. The Balaban J connectivity index is 2.30. The Hall–Kier alpha value is -3.40. The van der Waals surface area contributed by atoms with Crippen LogP contribution in [0.15, 0.2) is 60.7 Å². The van der Waals surface area contributed by atoms with Crippen molar-refractivity contribution in [1.29, 1.82) is 0 Å². The van der Waals surface area contributed by atoms with Gasteiger partial charge in [0, 0.05) is 22.3 Å². The lowest BCUT2D eigenvalue weighted by Gasteiger charge is -2.18. The molecule has 3 aromatic carbocycles. The van der Waals surface area contributed by atoms with Crippen molar-refractivity contribution >= 4 is 12.6 Å². The summed E-state index contributed by atoms with van der Waals surface area (Å²) in [7, 11) is 0. The first-order valence-electron chi connectivity index (χ1n) is 9.26. The zero-order valence-electron chi connectivity index (χ0n) is 16.0. The molecule has 4 nitrogen and oxygen atoms in total. The SMILES string of the molecule is CCOc1cc(-c2ccccc2C=O)c(OCC)cc1-c1ccccc1C=O. The number of ether oxygens (including phenoxy) is 2. The van der Waals surface area contributed by atoms with Gasteiger partial charge >= 0.3 is 0 Å². The summed E-state index contributed by atoms with van der Waals surface area (Å²) in [5, 5.41) is 0. The molecule has 0 N–H and O–H groups in total. The first kappa shape index (κ1) is 19.4. The predicted molar refractivity (Wildman–Crippen MR) is 110 cm³/mol. The van der Waals surface area contributed by atoms with E-state index in [9.17, 15) is 9.59 Å². The molecule has 0 aromatic heterocycles. The number of aldehydes is 2. The summed E-state index contributed by atoms with van der Waals surface area (Å²) >= 11 is 0. The monoisotopic (exact) mass is 374 g/mol. The number of benzene rings is 3. The van der Waals surface area contributed by atoms with E-state index in [0.717, 1.165) is 34.8 Å². The zero-order chi connectivity index (χ0) is 19.9. The summed E-state index contributed by atoms with van der Waals surface area (Å²) in [5.41, 5.74) is 4.26. The van der Waals surface area contributed by atoms with Crippen molar-refractivity contribution in [2.24, 2.45) is 0 Å². The average molecular weight is 374 g/mol. The predicted octanol–water partition coefficient (Wildman–Crippen LogP) is 5.44. The molecule has 4 heteroatoms. The van der Waals surface area contributed by atoms with Gasteiger partial charge in [-0.1, -0.05) is 48.5 Å². The minimum absolute atomic E-state index is 0.471. The molecule has 3 aromatic rings. The molecule has 0 unspecified atom stereocenters. The second-order valence-electron chi connectivity index (χ2n) is 6.12. The summed E-state index contributed by atoms with van der Waals surface area (Å²) in [5.74, 6) is 1.27. The number of carbonyl (C=O) groups is 2. The minimum atomic E-state index is 0.471. The van der Waals surface area contributed by atoms with Crippen LogP contribution in [0.4, 0.5) is 0 Å². The van der Waals surface area contributed by atoms with Crippen LogP contribution in [0.25, 0.3) is 22.3 Å². The summed E-state index contributed by atoms with van der Waals surface area (Å²) in [6.07, 6.45) is 1.67. The minimum Gasteiger partial charge on any atom is -0.493 e. The van der Waals surface area contributed by atoms with E-state index in [1.165, 1.54) is 0 Å². The topological polar surface area (TPSA) is 52.6 Å². The second-order valence-corrected chi connectivity index (χ2v) is 6.12. The van der Waals surface area contributed by atoms with Crippen LogP contribution >= 0.6 is 0 Å². The van der Waals surface area contributed by atoms with E-state index in [1.807, 2.05) is 62.4 Å². The maximum Gasteiger partial charge on any atom is 0.150 e. The lowest BCUT2D eigenvalue weighted by atomic mass is 9.93. The summed E-state index contributed by atoms with van der Waals surface area (Å²) < 4.78 is 11.8. The Morgan fingerprint density at radius 3 is 1.39 bits per heavy atom. The molecular formula is C24H22O4. The van der Waals surface area contributed by atoms with E-state index >= 15 is 0 Å². The largest absolute Gasteiger partial charge is 0.493 e. The molecule has 0 atom stereocenters. The maximum atomic E-state index is 11.5. The van der Waals surface area contributed by atoms with Crippen LogP contribution in [-0.2, 0) is 0 Å². The van der Waals surface area contributed by atoms with Crippen molar-refractivity contribution in [3.05, 3.63) is 71.8 Å². The number of rotatable bonds is 8. The lowest BCUT2D eigenvalue weighted by molar-refractivity contribution is 0.111. The van der Waals surface area contributed by atoms with Gasteiger partial charge in [-0.3, -0.25) is 9.59 Å². The molecule has 142 valence electrons. The fourth-order valence-corrected chi connectivity index (χ4v) is 3.22. The van der Waals surface area contributed by atoms with Crippen molar-refractivity contribution in [2.75, 3.05) is 13.2 Å². The summed E-state index contributed by atoms with van der Waals surface area (Å²) in [4.78, 5) is 23.1. The van der Waals surface area contributed by atoms with Crippen molar-refractivity contribution in [2.45, 2.75) is 13.8 Å². The summed E-state index contributed by atoms with van der Waals surface area (Å²) in [6.45, 7) is 4.76. The highest BCUT2D eigenvalue weighted by atomic mass is 16.5. The van der Waals surface area contributed by atoms with Crippen LogP contribution in [-0.4, -0.2) is 25.8 Å². The zero-order valence-corrected chi connectivity index (χ0v) is 16.0. The van der Waals surface area contributed by atoms with Gasteiger partial charge in [-0.25, -0.2) is 0 Å². The molecule has 0 amide bonds. The normalized spacial score (nSPS) is 10.4. The molecule has 0 aliphatic carbocycles. The van der Waals surface area contributed by atoms with E-state index in [2.05, 4.69) is 0 Å². The molecule has 0 saturated heterocycles. The van der Waals surface area contributed by atoms with Crippen LogP contribution < -0.4 is 9.47 Å². The van der Waals surface area contributed by atoms with Crippen LogP contribution in [0.2, 0.25) is 0 Å². The third kappa shape index (κ3) is 3.81. The molecule has 0 radical (unpaired) electrons.